The van der Waals surface area contributed by atoms with E-state index in [1.807, 2.05) is 12.2 Å². The largest absolute Gasteiger partial charge is 0.461 e. The summed E-state index contributed by atoms with van der Waals surface area (Å²) in [6.07, 6.45) is 32.9. The highest BCUT2D eigenvalue weighted by molar-refractivity contribution is 5.69. The number of hydrogen-bond acceptors (Lipinski definition) is 5. The Morgan fingerprint density at radius 3 is 1.31 bits per heavy atom. The number of nitrogens with one attached hydrogen (secondary N) is 1. The van der Waals surface area contributed by atoms with Crippen molar-refractivity contribution in [1.82, 2.24) is 5.32 Å². The maximum atomic E-state index is 11.8. The number of ether oxygens (including phenoxy) is 2. The highest BCUT2D eigenvalue weighted by Crippen LogP contribution is 2.08. The fourth-order valence-corrected chi connectivity index (χ4v) is 4.40. The smallest absolute Gasteiger partial charge is 0.306 e. The summed E-state index contributed by atoms with van der Waals surface area (Å²) in [5, 5.41) is 3.54. The lowest BCUT2D eigenvalue weighted by atomic mass is 10.1. The summed E-state index contributed by atoms with van der Waals surface area (Å²) in [6.45, 7) is 7.44. The Kier molecular flexibility index (Phi) is 31.2. The molecule has 0 radical (unpaired) electrons. The summed E-state index contributed by atoms with van der Waals surface area (Å²) in [6, 6.07) is 0. The predicted octanol–water partition coefficient (Wildman–Crippen LogP) is 9.40. The highest BCUT2D eigenvalue weighted by atomic mass is 16.5. The van der Waals surface area contributed by atoms with E-state index in [9.17, 15) is 9.59 Å². The highest BCUT2D eigenvalue weighted by Gasteiger charge is 2.02. The number of unbranched alkanes of at least 4 members (excludes halogenated alkanes) is 16. The number of carbonyl (C=O) groups excluding carboxylic acids is 2. The molecule has 1 N–H and O–H groups in total. The molecule has 0 atom stereocenters. The zero-order chi connectivity index (χ0) is 28.5. The Labute approximate surface area is 242 Å². The molecular weight excluding hydrogens is 486 g/mol. The van der Waals surface area contributed by atoms with E-state index in [-0.39, 0.29) is 11.9 Å². The van der Waals surface area contributed by atoms with Gasteiger partial charge in [-0.3, -0.25) is 9.59 Å². The van der Waals surface area contributed by atoms with Gasteiger partial charge in [-0.25, -0.2) is 0 Å². The Balaban J connectivity index is 3.27. The van der Waals surface area contributed by atoms with Crippen LogP contribution in [0.3, 0.4) is 0 Å². The molecule has 39 heavy (non-hydrogen) atoms. The van der Waals surface area contributed by atoms with Crippen LogP contribution in [0.1, 0.15) is 155 Å². The fraction of sp³-hybridized carbons (Fsp3) is 0.824. The van der Waals surface area contributed by atoms with Crippen molar-refractivity contribution in [3.05, 3.63) is 24.3 Å². The summed E-state index contributed by atoms with van der Waals surface area (Å²) < 4.78 is 10.5. The first kappa shape index (κ1) is 37.4. The maximum Gasteiger partial charge on any atom is 0.306 e. The van der Waals surface area contributed by atoms with E-state index in [2.05, 4.69) is 31.3 Å². The van der Waals surface area contributed by atoms with E-state index >= 15 is 0 Å². The van der Waals surface area contributed by atoms with Gasteiger partial charge < -0.3 is 14.8 Å². The van der Waals surface area contributed by atoms with Gasteiger partial charge in [0.2, 0.25) is 0 Å². The molecule has 0 aliphatic carbocycles. The van der Waals surface area contributed by atoms with E-state index < -0.39 is 0 Å². The summed E-state index contributed by atoms with van der Waals surface area (Å²) >= 11 is 0. The number of allylic oxidation sites excluding steroid dienone is 2. The summed E-state index contributed by atoms with van der Waals surface area (Å²) in [5.74, 6) is -0.132. The molecule has 0 heterocycles. The zero-order valence-corrected chi connectivity index (χ0v) is 25.8. The van der Waals surface area contributed by atoms with Gasteiger partial charge in [0.15, 0.2) is 0 Å². The van der Waals surface area contributed by atoms with Crippen LogP contribution in [0.25, 0.3) is 0 Å². The molecule has 0 aliphatic heterocycles. The average molecular weight is 550 g/mol. The van der Waals surface area contributed by atoms with E-state index in [1.54, 1.807) is 0 Å². The molecule has 0 aliphatic rings. The summed E-state index contributed by atoms with van der Waals surface area (Å²) in [5.41, 5.74) is 0. The molecule has 0 saturated carbocycles. The molecule has 0 unspecified atom stereocenters. The van der Waals surface area contributed by atoms with Gasteiger partial charge in [-0.2, -0.15) is 0 Å². The van der Waals surface area contributed by atoms with Crippen molar-refractivity contribution in [2.45, 2.75) is 155 Å². The molecule has 0 saturated heterocycles. The minimum absolute atomic E-state index is 0.0662. The van der Waals surface area contributed by atoms with E-state index in [1.165, 1.54) is 89.9 Å². The number of carbonyl (C=O) groups is 2. The van der Waals surface area contributed by atoms with Crippen LogP contribution in [0.5, 0.6) is 0 Å². The predicted molar refractivity (Wildman–Crippen MR) is 166 cm³/mol. The summed E-state index contributed by atoms with van der Waals surface area (Å²) in [4.78, 5) is 23.5. The van der Waals surface area contributed by atoms with Crippen molar-refractivity contribution in [1.29, 1.82) is 0 Å². The molecular formula is C34H63NO4. The zero-order valence-electron chi connectivity index (χ0n) is 25.8. The lowest BCUT2D eigenvalue weighted by molar-refractivity contribution is -0.143. The SMILES string of the molecule is CCCCCC/C=C/COC(=O)CCCCCCCNCCCCCCCC(=O)OC/C=C/CCCCCC. The molecule has 0 spiro atoms. The van der Waals surface area contributed by atoms with Crippen LogP contribution in [0, 0.1) is 0 Å². The van der Waals surface area contributed by atoms with Gasteiger partial charge in [0, 0.05) is 12.8 Å². The molecule has 0 bridgehead atoms. The second-order valence-electron chi connectivity index (χ2n) is 10.8. The van der Waals surface area contributed by atoms with E-state index in [4.69, 9.17) is 9.47 Å². The topological polar surface area (TPSA) is 64.6 Å². The van der Waals surface area contributed by atoms with Crippen LogP contribution in [0.2, 0.25) is 0 Å². The lowest BCUT2D eigenvalue weighted by Crippen LogP contribution is -2.16. The third kappa shape index (κ3) is 32.5. The molecule has 0 rings (SSSR count). The third-order valence-corrected chi connectivity index (χ3v) is 6.93. The summed E-state index contributed by atoms with van der Waals surface area (Å²) in [7, 11) is 0. The Bertz CT molecular complexity index is 538. The van der Waals surface area contributed by atoms with Crippen molar-refractivity contribution in [3.8, 4) is 0 Å². The van der Waals surface area contributed by atoms with Crippen molar-refractivity contribution < 1.29 is 19.1 Å². The molecule has 0 aromatic rings. The average Bonchev–Trinajstić information content (AvgIpc) is 2.93. The van der Waals surface area contributed by atoms with Gasteiger partial charge in [0.05, 0.1) is 0 Å². The van der Waals surface area contributed by atoms with Gasteiger partial charge in [-0.15, -0.1) is 0 Å². The van der Waals surface area contributed by atoms with Crippen molar-refractivity contribution >= 4 is 11.9 Å². The normalized spacial score (nSPS) is 11.5. The Hall–Kier alpha value is -1.62. The number of rotatable bonds is 30. The second kappa shape index (κ2) is 32.6. The minimum atomic E-state index is -0.0662. The van der Waals surface area contributed by atoms with Gasteiger partial charge in [-0.1, -0.05) is 115 Å². The first-order valence-electron chi connectivity index (χ1n) is 16.5. The number of esters is 2. The second-order valence-corrected chi connectivity index (χ2v) is 10.8. The van der Waals surface area contributed by atoms with Crippen molar-refractivity contribution in [3.63, 3.8) is 0 Å². The quantitative estimate of drug-likeness (QED) is 0.0549. The van der Waals surface area contributed by atoms with E-state index in [0.29, 0.717) is 26.1 Å². The van der Waals surface area contributed by atoms with Crippen LogP contribution in [0.15, 0.2) is 24.3 Å². The van der Waals surface area contributed by atoms with Crippen LogP contribution in [0.4, 0.5) is 0 Å². The Morgan fingerprint density at radius 2 is 0.872 bits per heavy atom. The van der Waals surface area contributed by atoms with Gasteiger partial charge in [-0.05, 0) is 64.5 Å². The third-order valence-electron chi connectivity index (χ3n) is 6.93. The van der Waals surface area contributed by atoms with Crippen molar-refractivity contribution in [2.24, 2.45) is 0 Å². The van der Waals surface area contributed by atoms with Crippen LogP contribution >= 0.6 is 0 Å². The van der Waals surface area contributed by atoms with Crippen LogP contribution in [-0.2, 0) is 19.1 Å². The van der Waals surface area contributed by atoms with Gasteiger partial charge in [0.25, 0.3) is 0 Å². The van der Waals surface area contributed by atoms with Gasteiger partial charge >= 0.3 is 11.9 Å². The minimum Gasteiger partial charge on any atom is -0.461 e. The van der Waals surface area contributed by atoms with Gasteiger partial charge in [0.1, 0.15) is 13.2 Å². The first-order chi connectivity index (χ1) is 19.2. The molecule has 0 amide bonds. The molecule has 0 aromatic heterocycles. The molecule has 5 heteroatoms. The van der Waals surface area contributed by atoms with Crippen molar-refractivity contribution in [2.75, 3.05) is 26.3 Å². The first-order valence-corrected chi connectivity index (χ1v) is 16.5. The molecule has 228 valence electrons. The Morgan fingerprint density at radius 1 is 0.487 bits per heavy atom. The van der Waals surface area contributed by atoms with E-state index in [0.717, 1.165) is 51.6 Å². The standard InChI is InChI=1S/C34H63NO4/c1-3-5-7-9-11-19-25-31-38-33(36)27-21-15-13-17-23-29-35-30-24-18-14-16-22-28-34(37)39-32-26-20-12-10-8-6-4-2/h19-20,25-26,35H,3-18,21-24,27-32H2,1-2H3/b25-19+,26-20+. The fourth-order valence-electron chi connectivity index (χ4n) is 4.40. The number of hydrogen-bond donors (Lipinski definition) is 1. The molecule has 0 fully saturated rings. The van der Waals surface area contributed by atoms with Crippen LogP contribution < -0.4 is 5.32 Å². The van der Waals surface area contributed by atoms with Crippen LogP contribution in [-0.4, -0.2) is 38.2 Å². The molecule has 0 aromatic carbocycles. The monoisotopic (exact) mass is 549 g/mol. The molecule has 5 nitrogen and oxygen atoms in total. The maximum absolute atomic E-state index is 11.8. The lowest BCUT2D eigenvalue weighted by Gasteiger charge is -2.06.